The van der Waals surface area contributed by atoms with E-state index in [1.165, 1.54) is 0 Å². The summed E-state index contributed by atoms with van der Waals surface area (Å²) < 4.78 is 0. The maximum Gasteiger partial charge on any atom is 0.240 e. The number of carbonyl (C=O) groups is 1. The van der Waals surface area contributed by atoms with Gasteiger partial charge in [0.25, 0.3) is 0 Å². The minimum atomic E-state index is 0.0318. The van der Waals surface area contributed by atoms with E-state index in [9.17, 15) is 4.79 Å². The highest BCUT2D eigenvalue weighted by Crippen LogP contribution is 2.11. The van der Waals surface area contributed by atoms with E-state index < -0.39 is 0 Å². The topological polar surface area (TPSA) is 32.3 Å². The van der Waals surface area contributed by atoms with Gasteiger partial charge in [-0.05, 0) is 20.4 Å². The van der Waals surface area contributed by atoms with Crippen molar-refractivity contribution in [2.45, 2.75) is 19.4 Å². The third kappa shape index (κ3) is 1.85. The maximum absolute atomic E-state index is 11.5. The van der Waals surface area contributed by atoms with Gasteiger partial charge in [0.1, 0.15) is 0 Å². The second-order valence-electron chi connectivity index (χ2n) is 3.35. The molecule has 1 amide bonds. The molecule has 0 aliphatic carbocycles. The number of amides is 1. The predicted molar refractivity (Wildman–Crippen MR) is 48.9 cm³/mol. The summed E-state index contributed by atoms with van der Waals surface area (Å²) in [5.74, 6) is 0.209. The van der Waals surface area contributed by atoms with Gasteiger partial charge in [0.2, 0.25) is 5.91 Å². The fourth-order valence-corrected chi connectivity index (χ4v) is 1.49. The lowest BCUT2D eigenvalue weighted by Crippen LogP contribution is -2.36. The second-order valence-corrected chi connectivity index (χ2v) is 3.35. The van der Waals surface area contributed by atoms with Gasteiger partial charge in [-0.2, -0.15) is 0 Å². The van der Waals surface area contributed by atoms with Crippen molar-refractivity contribution in [2.75, 3.05) is 20.1 Å². The van der Waals surface area contributed by atoms with Crippen LogP contribution in [-0.2, 0) is 4.79 Å². The van der Waals surface area contributed by atoms with Crippen LogP contribution in [0.2, 0.25) is 0 Å². The van der Waals surface area contributed by atoms with Crippen molar-refractivity contribution in [1.29, 1.82) is 0 Å². The van der Waals surface area contributed by atoms with Crippen LogP contribution in [0.1, 0.15) is 13.3 Å². The van der Waals surface area contributed by atoms with E-state index in [0.717, 1.165) is 18.5 Å². The Morgan fingerprint density at radius 2 is 2.50 bits per heavy atom. The molecule has 1 fully saturated rings. The fourth-order valence-electron chi connectivity index (χ4n) is 1.49. The number of rotatable bonds is 3. The molecule has 1 rings (SSSR count). The predicted octanol–water partition coefficient (Wildman–Crippen LogP) is 0.383. The molecule has 1 N–H and O–H groups in total. The van der Waals surface area contributed by atoms with Gasteiger partial charge >= 0.3 is 0 Å². The number of nitrogens with one attached hydrogen (secondary N) is 1. The average molecular weight is 168 g/mol. The molecule has 0 aromatic heterocycles. The lowest BCUT2D eigenvalue weighted by atomic mass is 10.2. The highest BCUT2D eigenvalue weighted by atomic mass is 16.2. The molecule has 0 saturated carbocycles. The van der Waals surface area contributed by atoms with Gasteiger partial charge < -0.3 is 10.2 Å². The van der Waals surface area contributed by atoms with Gasteiger partial charge in [0.05, 0.1) is 6.04 Å². The quantitative estimate of drug-likeness (QED) is 0.618. The van der Waals surface area contributed by atoms with Gasteiger partial charge in [0, 0.05) is 13.1 Å². The summed E-state index contributed by atoms with van der Waals surface area (Å²) in [6.07, 6.45) is 0.919. The van der Waals surface area contributed by atoms with Crippen LogP contribution in [0.25, 0.3) is 0 Å². The lowest BCUT2D eigenvalue weighted by molar-refractivity contribution is -0.128. The Morgan fingerprint density at radius 1 is 1.83 bits per heavy atom. The maximum atomic E-state index is 11.5. The van der Waals surface area contributed by atoms with Crippen LogP contribution in [0.5, 0.6) is 0 Å². The van der Waals surface area contributed by atoms with E-state index in [2.05, 4.69) is 11.9 Å². The first-order valence-electron chi connectivity index (χ1n) is 4.25. The Morgan fingerprint density at radius 3 is 2.92 bits per heavy atom. The minimum Gasteiger partial charge on any atom is -0.337 e. The molecule has 3 nitrogen and oxygen atoms in total. The Hall–Kier alpha value is -0.830. The van der Waals surface area contributed by atoms with E-state index in [4.69, 9.17) is 0 Å². The van der Waals surface area contributed by atoms with Crippen LogP contribution < -0.4 is 5.32 Å². The Labute approximate surface area is 73.4 Å². The zero-order valence-corrected chi connectivity index (χ0v) is 7.76. The Kier molecular flexibility index (Phi) is 2.87. The molecule has 0 bridgehead atoms. The highest BCUT2D eigenvalue weighted by Gasteiger charge is 2.29. The third-order valence-electron chi connectivity index (χ3n) is 2.11. The summed E-state index contributed by atoms with van der Waals surface area (Å²) in [5.41, 5.74) is 1.04. The van der Waals surface area contributed by atoms with Crippen LogP contribution in [-0.4, -0.2) is 37.0 Å². The van der Waals surface area contributed by atoms with E-state index >= 15 is 0 Å². The average Bonchev–Trinajstić information content (AvgIpc) is 2.32. The van der Waals surface area contributed by atoms with Crippen LogP contribution in [0.3, 0.4) is 0 Å². The van der Waals surface area contributed by atoms with Gasteiger partial charge in [-0.25, -0.2) is 0 Å². The monoisotopic (exact) mass is 168 g/mol. The molecule has 0 aromatic rings. The van der Waals surface area contributed by atoms with Crippen molar-refractivity contribution >= 4 is 5.91 Å². The van der Waals surface area contributed by atoms with Crippen LogP contribution in [0, 0.1) is 0 Å². The Balaban J connectivity index is 2.49. The third-order valence-corrected chi connectivity index (χ3v) is 2.11. The summed E-state index contributed by atoms with van der Waals surface area (Å²) in [6.45, 7) is 7.30. The molecular weight excluding hydrogens is 152 g/mol. The summed E-state index contributed by atoms with van der Waals surface area (Å²) in [7, 11) is 1.83. The SMILES string of the molecule is C=C(C)CN1CCC(NC)C1=O. The molecule has 1 heterocycles. The van der Waals surface area contributed by atoms with Crippen molar-refractivity contribution < 1.29 is 4.79 Å². The molecular formula is C9H16N2O. The molecule has 68 valence electrons. The lowest BCUT2D eigenvalue weighted by Gasteiger charge is -2.15. The van der Waals surface area contributed by atoms with E-state index in [1.807, 2.05) is 18.9 Å². The number of carbonyl (C=O) groups excluding carboxylic acids is 1. The van der Waals surface area contributed by atoms with Crippen LogP contribution in [0.15, 0.2) is 12.2 Å². The van der Waals surface area contributed by atoms with Gasteiger partial charge in [-0.3, -0.25) is 4.79 Å². The first-order valence-corrected chi connectivity index (χ1v) is 4.25. The zero-order valence-electron chi connectivity index (χ0n) is 7.76. The van der Waals surface area contributed by atoms with Gasteiger partial charge in [-0.1, -0.05) is 12.2 Å². The van der Waals surface area contributed by atoms with Crippen molar-refractivity contribution in [3.05, 3.63) is 12.2 Å². The van der Waals surface area contributed by atoms with Crippen LogP contribution >= 0.6 is 0 Å². The second kappa shape index (κ2) is 3.72. The molecule has 1 unspecified atom stereocenters. The zero-order chi connectivity index (χ0) is 9.14. The first-order chi connectivity index (χ1) is 5.65. The van der Waals surface area contributed by atoms with Crippen molar-refractivity contribution in [3.8, 4) is 0 Å². The van der Waals surface area contributed by atoms with Crippen molar-refractivity contribution in [2.24, 2.45) is 0 Å². The fraction of sp³-hybridized carbons (Fsp3) is 0.667. The summed E-state index contributed by atoms with van der Waals surface area (Å²) in [6, 6.07) is 0.0318. The minimum absolute atomic E-state index is 0.0318. The van der Waals surface area contributed by atoms with Crippen molar-refractivity contribution in [1.82, 2.24) is 10.2 Å². The normalized spacial score (nSPS) is 23.3. The number of nitrogens with zero attached hydrogens (tertiary/aromatic N) is 1. The Bertz CT molecular complexity index is 201. The molecule has 12 heavy (non-hydrogen) atoms. The van der Waals surface area contributed by atoms with Gasteiger partial charge in [-0.15, -0.1) is 0 Å². The largest absolute Gasteiger partial charge is 0.337 e. The molecule has 1 aliphatic rings. The highest BCUT2D eigenvalue weighted by molar-refractivity contribution is 5.84. The molecule has 0 radical (unpaired) electrons. The summed E-state index contributed by atoms with van der Waals surface area (Å²) in [4.78, 5) is 13.3. The number of hydrogen-bond acceptors (Lipinski definition) is 2. The molecule has 0 aromatic carbocycles. The number of hydrogen-bond donors (Lipinski definition) is 1. The van der Waals surface area contributed by atoms with E-state index in [0.29, 0.717) is 6.54 Å². The number of likely N-dealkylation sites (tertiary alicyclic amines) is 1. The standard InChI is InChI=1S/C9H16N2O/c1-7(2)6-11-5-4-8(10-3)9(11)12/h8,10H,1,4-6H2,2-3H3. The van der Waals surface area contributed by atoms with E-state index in [-0.39, 0.29) is 11.9 Å². The van der Waals surface area contributed by atoms with Gasteiger partial charge in [0.15, 0.2) is 0 Å². The summed E-state index contributed by atoms with van der Waals surface area (Å²) >= 11 is 0. The van der Waals surface area contributed by atoms with E-state index in [1.54, 1.807) is 0 Å². The molecule has 1 aliphatic heterocycles. The molecule has 3 heteroatoms. The first kappa shape index (κ1) is 9.26. The smallest absolute Gasteiger partial charge is 0.240 e. The molecule has 1 saturated heterocycles. The number of likely N-dealkylation sites (N-methyl/N-ethyl adjacent to an activating group) is 1. The molecule has 1 atom stereocenters. The summed E-state index contributed by atoms with van der Waals surface area (Å²) in [5, 5.41) is 3.00. The molecule has 0 spiro atoms. The van der Waals surface area contributed by atoms with Crippen molar-refractivity contribution in [3.63, 3.8) is 0 Å². The van der Waals surface area contributed by atoms with Crippen LogP contribution in [0.4, 0.5) is 0 Å².